The molecule has 1 aromatic heterocycles. The van der Waals surface area contributed by atoms with Crippen molar-refractivity contribution in [1.82, 2.24) is 14.8 Å². The molecule has 1 saturated heterocycles. The number of hydrogen-bond donors (Lipinski definition) is 1. The Balaban J connectivity index is 0.00000242. The number of halogens is 2. The molecule has 1 aliphatic heterocycles. The smallest absolute Gasteiger partial charge is 0.193 e. The molecule has 0 saturated carbocycles. The summed E-state index contributed by atoms with van der Waals surface area (Å²) in [7, 11) is 6.02. The van der Waals surface area contributed by atoms with Crippen molar-refractivity contribution in [2.75, 3.05) is 32.1 Å². The van der Waals surface area contributed by atoms with Gasteiger partial charge in [-0.2, -0.15) is 11.8 Å². The van der Waals surface area contributed by atoms with E-state index in [1.54, 1.807) is 0 Å². The molecule has 1 N–H and O–H groups in total. The van der Waals surface area contributed by atoms with Crippen molar-refractivity contribution in [2.24, 2.45) is 18.0 Å². The minimum atomic E-state index is 0. The van der Waals surface area contributed by atoms with E-state index in [9.17, 15) is 0 Å². The Labute approximate surface area is 163 Å². The Morgan fingerprint density at radius 2 is 2.18 bits per heavy atom. The number of rotatable bonds is 4. The number of aromatic nitrogens is 1. The highest BCUT2D eigenvalue weighted by Gasteiger charge is 2.15. The van der Waals surface area contributed by atoms with Gasteiger partial charge in [0.15, 0.2) is 5.96 Å². The molecule has 2 heterocycles. The van der Waals surface area contributed by atoms with Gasteiger partial charge in [-0.15, -0.1) is 24.0 Å². The number of hydrogen-bond acceptors (Lipinski definition) is 2. The van der Waals surface area contributed by atoms with Crippen LogP contribution in [0.15, 0.2) is 21.7 Å². The maximum atomic E-state index is 4.41. The summed E-state index contributed by atoms with van der Waals surface area (Å²) >= 11 is 5.60. The second-order valence-electron chi connectivity index (χ2n) is 5.60. The Bertz CT molecular complexity index is 486. The lowest BCUT2D eigenvalue weighted by atomic mass is 10.0. The van der Waals surface area contributed by atoms with Crippen LogP contribution in [-0.2, 0) is 13.6 Å². The van der Waals surface area contributed by atoms with Crippen LogP contribution in [0.4, 0.5) is 0 Å². The first-order valence-corrected chi connectivity index (χ1v) is 9.35. The van der Waals surface area contributed by atoms with E-state index in [1.165, 1.54) is 30.0 Å². The Kier molecular flexibility index (Phi) is 9.23. The van der Waals surface area contributed by atoms with Crippen LogP contribution in [0.1, 0.15) is 18.5 Å². The predicted molar refractivity (Wildman–Crippen MR) is 111 cm³/mol. The van der Waals surface area contributed by atoms with E-state index in [4.69, 9.17) is 0 Å². The normalized spacial score (nSPS) is 16.3. The fourth-order valence-corrected chi connectivity index (χ4v) is 4.39. The Hall–Kier alpha value is 0.110. The molecule has 126 valence electrons. The van der Waals surface area contributed by atoms with Crippen molar-refractivity contribution in [1.29, 1.82) is 0 Å². The SMILES string of the molecule is CN=C(NCC1CCSCC1)N(C)Cc1cc(Br)cn1C.I. The lowest BCUT2D eigenvalue weighted by Crippen LogP contribution is -2.41. The van der Waals surface area contributed by atoms with Gasteiger partial charge in [0, 0.05) is 44.1 Å². The lowest BCUT2D eigenvalue weighted by Gasteiger charge is -2.26. The molecule has 2 rings (SSSR count). The van der Waals surface area contributed by atoms with Gasteiger partial charge < -0.3 is 14.8 Å². The van der Waals surface area contributed by atoms with Crippen molar-refractivity contribution >= 4 is 57.6 Å². The highest BCUT2D eigenvalue weighted by atomic mass is 127. The number of aliphatic imine (C=N–C) groups is 1. The van der Waals surface area contributed by atoms with Crippen molar-refractivity contribution in [2.45, 2.75) is 19.4 Å². The zero-order valence-corrected chi connectivity index (χ0v) is 18.2. The average Bonchev–Trinajstić information content (AvgIpc) is 2.78. The monoisotopic (exact) mass is 500 g/mol. The number of thioether (sulfide) groups is 1. The number of aryl methyl sites for hydroxylation is 1. The van der Waals surface area contributed by atoms with Crippen LogP contribution in [0.3, 0.4) is 0 Å². The van der Waals surface area contributed by atoms with Crippen molar-refractivity contribution in [3.8, 4) is 0 Å². The van der Waals surface area contributed by atoms with Gasteiger partial charge >= 0.3 is 0 Å². The summed E-state index contributed by atoms with van der Waals surface area (Å²) < 4.78 is 3.27. The Morgan fingerprint density at radius 3 is 2.73 bits per heavy atom. The third-order valence-corrected chi connectivity index (χ3v) is 5.42. The van der Waals surface area contributed by atoms with Crippen molar-refractivity contribution in [3.05, 3.63) is 22.4 Å². The zero-order valence-electron chi connectivity index (χ0n) is 13.5. The molecule has 0 radical (unpaired) electrons. The molecule has 1 aromatic rings. The van der Waals surface area contributed by atoms with Gasteiger partial charge in [0.2, 0.25) is 0 Å². The maximum absolute atomic E-state index is 4.41. The summed E-state index contributed by atoms with van der Waals surface area (Å²) in [6.45, 7) is 1.89. The second-order valence-corrected chi connectivity index (χ2v) is 7.74. The molecule has 0 spiro atoms. The third kappa shape index (κ3) is 5.96. The molecule has 0 aliphatic carbocycles. The molecule has 0 amide bonds. The fourth-order valence-electron chi connectivity index (χ4n) is 2.61. The molecule has 22 heavy (non-hydrogen) atoms. The highest BCUT2D eigenvalue weighted by Crippen LogP contribution is 2.22. The largest absolute Gasteiger partial charge is 0.356 e. The van der Waals surface area contributed by atoms with Gasteiger partial charge in [0.1, 0.15) is 0 Å². The molecule has 4 nitrogen and oxygen atoms in total. The van der Waals surface area contributed by atoms with Crippen molar-refractivity contribution < 1.29 is 0 Å². The van der Waals surface area contributed by atoms with Crippen LogP contribution in [0.25, 0.3) is 0 Å². The van der Waals surface area contributed by atoms with E-state index in [0.29, 0.717) is 0 Å². The summed E-state index contributed by atoms with van der Waals surface area (Å²) in [6.07, 6.45) is 4.73. The second kappa shape index (κ2) is 10.1. The molecule has 0 aromatic carbocycles. The van der Waals surface area contributed by atoms with Gasteiger partial charge in [-0.05, 0) is 52.3 Å². The van der Waals surface area contributed by atoms with E-state index >= 15 is 0 Å². The lowest BCUT2D eigenvalue weighted by molar-refractivity contribution is 0.433. The molecular formula is C15H26BrIN4S. The standard InChI is InChI=1S/C15H25BrN4S.HI/c1-17-15(18-9-12-4-6-21-7-5-12)20(3)11-14-8-13(16)10-19(14)2;/h8,10,12H,4-7,9,11H2,1-3H3,(H,17,18);1H. The number of nitrogens with zero attached hydrogens (tertiary/aromatic N) is 3. The van der Waals surface area contributed by atoms with Gasteiger partial charge in [-0.25, -0.2) is 0 Å². The third-order valence-electron chi connectivity index (χ3n) is 3.94. The molecule has 0 atom stereocenters. The van der Waals surface area contributed by atoms with Crippen molar-refractivity contribution in [3.63, 3.8) is 0 Å². The number of guanidine groups is 1. The summed E-state index contributed by atoms with van der Waals surface area (Å²) in [4.78, 5) is 6.59. The molecule has 0 bridgehead atoms. The summed E-state index contributed by atoms with van der Waals surface area (Å²) in [5, 5.41) is 3.53. The number of nitrogens with one attached hydrogen (secondary N) is 1. The quantitative estimate of drug-likeness (QED) is 0.390. The summed E-state index contributed by atoms with van der Waals surface area (Å²) in [6, 6.07) is 2.15. The molecule has 7 heteroatoms. The first-order chi connectivity index (χ1) is 10.1. The van der Waals surface area contributed by atoms with Crippen LogP contribution in [0.2, 0.25) is 0 Å². The zero-order chi connectivity index (χ0) is 15.2. The average molecular weight is 501 g/mol. The molecule has 1 fully saturated rings. The first-order valence-electron chi connectivity index (χ1n) is 7.40. The molecular weight excluding hydrogens is 475 g/mol. The van der Waals surface area contributed by atoms with E-state index < -0.39 is 0 Å². The van der Waals surface area contributed by atoms with Gasteiger partial charge in [-0.1, -0.05) is 0 Å². The summed E-state index contributed by atoms with van der Waals surface area (Å²) in [5.41, 5.74) is 1.27. The first kappa shape index (κ1) is 20.2. The topological polar surface area (TPSA) is 32.6 Å². The molecule has 0 unspecified atom stereocenters. The van der Waals surface area contributed by atoms with Gasteiger partial charge in [0.05, 0.1) is 6.54 Å². The van der Waals surface area contributed by atoms with E-state index in [1.807, 2.05) is 7.05 Å². The van der Waals surface area contributed by atoms with Gasteiger partial charge in [0.25, 0.3) is 0 Å². The summed E-state index contributed by atoms with van der Waals surface area (Å²) in [5.74, 6) is 4.38. The van der Waals surface area contributed by atoms with Crippen LogP contribution < -0.4 is 5.32 Å². The van der Waals surface area contributed by atoms with Crippen LogP contribution in [-0.4, -0.2) is 47.6 Å². The van der Waals surface area contributed by atoms with Crippen LogP contribution in [0.5, 0.6) is 0 Å². The van der Waals surface area contributed by atoms with E-state index in [-0.39, 0.29) is 24.0 Å². The Morgan fingerprint density at radius 1 is 1.50 bits per heavy atom. The minimum Gasteiger partial charge on any atom is -0.356 e. The van der Waals surface area contributed by atoms with Gasteiger partial charge in [-0.3, -0.25) is 4.99 Å². The van der Waals surface area contributed by atoms with Crippen LogP contribution >= 0.6 is 51.7 Å². The fraction of sp³-hybridized carbons (Fsp3) is 0.667. The van der Waals surface area contributed by atoms with E-state index in [0.717, 1.165) is 29.4 Å². The van der Waals surface area contributed by atoms with Crippen LogP contribution in [0, 0.1) is 5.92 Å². The minimum absolute atomic E-state index is 0. The maximum Gasteiger partial charge on any atom is 0.193 e. The molecule has 1 aliphatic rings. The highest BCUT2D eigenvalue weighted by molar-refractivity contribution is 14.0. The predicted octanol–water partition coefficient (Wildman–Crippen LogP) is 3.56. The van der Waals surface area contributed by atoms with E-state index in [2.05, 4.69) is 73.8 Å².